The number of benzene rings is 1. The number of aliphatic carboxylic acids is 1. The predicted molar refractivity (Wildman–Crippen MR) is 87.6 cm³/mol. The van der Waals surface area contributed by atoms with Gasteiger partial charge < -0.3 is 20.5 Å². The van der Waals surface area contributed by atoms with Gasteiger partial charge in [-0.05, 0) is 25.1 Å². The highest BCUT2D eigenvalue weighted by Crippen LogP contribution is 2.28. The minimum Gasteiger partial charge on any atom is -0.479 e. The number of urea groups is 1. The van der Waals surface area contributed by atoms with E-state index in [1.54, 1.807) is 0 Å². The van der Waals surface area contributed by atoms with E-state index in [1.807, 2.05) is 0 Å². The monoisotopic (exact) mass is 355 g/mol. The highest BCUT2D eigenvalue weighted by Gasteiger charge is 2.35. The standard InChI is InChI=1S/C15H18ClN3O5/c1-15(8-24-2,13(21)22)18-12(20)9-3-4-10(16)11(7-9)19-6-5-17-14(19)23/h3-4,7H,5-6,8H2,1-2H3,(H,17,23)(H,18,20)(H,21,22). The number of hydrogen-bond donors (Lipinski definition) is 3. The van der Waals surface area contributed by atoms with Crippen LogP contribution in [0.3, 0.4) is 0 Å². The Bertz CT molecular complexity index is 681. The Morgan fingerprint density at radius 1 is 1.50 bits per heavy atom. The Hall–Kier alpha value is -2.32. The van der Waals surface area contributed by atoms with E-state index in [-0.39, 0.29) is 18.2 Å². The number of amides is 3. The molecule has 1 unspecified atom stereocenters. The molecule has 24 heavy (non-hydrogen) atoms. The van der Waals surface area contributed by atoms with E-state index < -0.39 is 17.4 Å². The number of anilines is 1. The molecule has 0 aliphatic carbocycles. The first kappa shape index (κ1) is 18.0. The van der Waals surface area contributed by atoms with Crippen LogP contribution in [-0.4, -0.2) is 55.4 Å². The zero-order valence-corrected chi connectivity index (χ0v) is 14.0. The van der Waals surface area contributed by atoms with Crippen molar-refractivity contribution in [1.29, 1.82) is 0 Å². The summed E-state index contributed by atoms with van der Waals surface area (Å²) >= 11 is 6.11. The van der Waals surface area contributed by atoms with Crippen molar-refractivity contribution in [1.82, 2.24) is 10.6 Å². The predicted octanol–water partition coefficient (Wildman–Crippen LogP) is 1.09. The molecule has 1 fully saturated rings. The third-order valence-electron chi connectivity index (χ3n) is 3.65. The van der Waals surface area contributed by atoms with Gasteiger partial charge >= 0.3 is 12.0 Å². The zero-order chi connectivity index (χ0) is 17.9. The molecule has 0 bridgehead atoms. The van der Waals surface area contributed by atoms with Crippen molar-refractivity contribution in [2.75, 3.05) is 31.7 Å². The van der Waals surface area contributed by atoms with Crippen molar-refractivity contribution >= 4 is 35.2 Å². The van der Waals surface area contributed by atoms with E-state index >= 15 is 0 Å². The van der Waals surface area contributed by atoms with Crippen LogP contribution in [0.2, 0.25) is 5.02 Å². The largest absolute Gasteiger partial charge is 0.479 e. The van der Waals surface area contributed by atoms with Gasteiger partial charge in [0, 0.05) is 25.8 Å². The highest BCUT2D eigenvalue weighted by atomic mass is 35.5. The number of methoxy groups -OCH3 is 1. The fraction of sp³-hybridized carbons (Fsp3) is 0.400. The summed E-state index contributed by atoms with van der Waals surface area (Å²) in [6.45, 7) is 2.07. The quantitative estimate of drug-likeness (QED) is 0.708. The molecular weight excluding hydrogens is 338 g/mol. The highest BCUT2D eigenvalue weighted by molar-refractivity contribution is 6.34. The summed E-state index contributed by atoms with van der Waals surface area (Å²) in [6, 6.07) is 4.11. The van der Waals surface area contributed by atoms with Gasteiger partial charge in [0.25, 0.3) is 5.91 Å². The Labute approximate surface area is 143 Å². The van der Waals surface area contributed by atoms with Crippen molar-refractivity contribution in [2.24, 2.45) is 0 Å². The molecule has 2 rings (SSSR count). The lowest BCUT2D eigenvalue weighted by Gasteiger charge is -2.25. The number of rotatable bonds is 6. The van der Waals surface area contributed by atoms with E-state index in [0.717, 1.165) is 0 Å². The van der Waals surface area contributed by atoms with E-state index in [4.69, 9.17) is 16.3 Å². The maximum atomic E-state index is 12.4. The number of carbonyl (C=O) groups excluding carboxylic acids is 2. The molecule has 3 N–H and O–H groups in total. The number of carbonyl (C=O) groups is 3. The van der Waals surface area contributed by atoms with Crippen LogP contribution in [0.5, 0.6) is 0 Å². The topological polar surface area (TPSA) is 108 Å². The van der Waals surface area contributed by atoms with Crippen LogP contribution in [0, 0.1) is 0 Å². The maximum Gasteiger partial charge on any atom is 0.331 e. The Morgan fingerprint density at radius 3 is 2.75 bits per heavy atom. The van der Waals surface area contributed by atoms with Gasteiger partial charge in [0.2, 0.25) is 0 Å². The second-order valence-electron chi connectivity index (χ2n) is 5.57. The normalized spacial score (nSPS) is 16.5. The summed E-state index contributed by atoms with van der Waals surface area (Å²) in [5.41, 5.74) is -0.989. The van der Waals surface area contributed by atoms with Crippen LogP contribution in [0.15, 0.2) is 18.2 Å². The van der Waals surface area contributed by atoms with E-state index in [1.165, 1.54) is 37.1 Å². The van der Waals surface area contributed by atoms with Crippen LogP contribution < -0.4 is 15.5 Å². The minimum absolute atomic E-state index is 0.191. The summed E-state index contributed by atoms with van der Waals surface area (Å²) in [5, 5.41) is 14.7. The molecule has 1 heterocycles. The Balaban J connectivity index is 2.27. The van der Waals surface area contributed by atoms with Crippen molar-refractivity contribution in [3.05, 3.63) is 28.8 Å². The maximum absolute atomic E-state index is 12.4. The summed E-state index contributed by atoms with van der Waals surface area (Å²) < 4.78 is 4.87. The molecule has 130 valence electrons. The molecule has 1 aromatic carbocycles. The van der Waals surface area contributed by atoms with E-state index in [9.17, 15) is 19.5 Å². The number of halogens is 1. The Kier molecular flexibility index (Phi) is 5.30. The van der Waals surface area contributed by atoms with Gasteiger partial charge in [-0.15, -0.1) is 0 Å². The molecule has 0 aromatic heterocycles. The number of nitrogens with zero attached hydrogens (tertiary/aromatic N) is 1. The lowest BCUT2D eigenvalue weighted by Crippen LogP contribution is -2.55. The van der Waals surface area contributed by atoms with Gasteiger partial charge in [-0.25, -0.2) is 9.59 Å². The summed E-state index contributed by atoms with van der Waals surface area (Å²) in [5.74, 6) is -1.82. The van der Waals surface area contributed by atoms with Crippen LogP contribution >= 0.6 is 11.6 Å². The summed E-state index contributed by atoms with van der Waals surface area (Å²) in [6.07, 6.45) is 0. The lowest BCUT2D eigenvalue weighted by atomic mass is 10.0. The van der Waals surface area contributed by atoms with Crippen LogP contribution in [0.4, 0.5) is 10.5 Å². The molecule has 3 amide bonds. The van der Waals surface area contributed by atoms with Gasteiger partial charge in [0.05, 0.1) is 17.3 Å². The van der Waals surface area contributed by atoms with Crippen LogP contribution in [-0.2, 0) is 9.53 Å². The minimum atomic E-state index is -1.57. The van der Waals surface area contributed by atoms with Gasteiger partial charge in [0.1, 0.15) is 0 Å². The van der Waals surface area contributed by atoms with Crippen molar-refractivity contribution in [2.45, 2.75) is 12.5 Å². The molecule has 1 saturated heterocycles. The fourth-order valence-corrected chi connectivity index (χ4v) is 2.54. The third kappa shape index (κ3) is 3.60. The average molecular weight is 356 g/mol. The molecule has 1 atom stereocenters. The second-order valence-corrected chi connectivity index (χ2v) is 5.98. The van der Waals surface area contributed by atoms with Gasteiger partial charge in [-0.3, -0.25) is 9.69 Å². The first-order chi connectivity index (χ1) is 11.3. The fourth-order valence-electron chi connectivity index (χ4n) is 2.32. The number of nitrogens with one attached hydrogen (secondary N) is 2. The molecule has 1 aromatic rings. The van der Waals surface area contributed by atoms with Crippen LogP contribution in [0.25, 0.3) is 0 Å². The molecule has 9 heteroatoms. The molecule has 1 aliphatic heterocycles. The number of carboxylic acid groups (broad SMARTS) is 1. The van der Waals surface area contributed by atoms with Gasteiger partial charge in [-0.1, -0.05) is 11.6 Å². The Morgan fingerprint density at radius 2 is 2.21 bits per heavy atom. The zero-order valence-electron chi connectivity index (χ0n) is 13.3. The van der Waals surface area contributed by atoms with Gasteiger partial charge in [-0.2, -0.15) is 0 Å². The van der Waals surface area contributed by atoms with Gasteiger partial charge in [0.15, 0.2) is 5.54 Å². The second kappa shape index (κ2) is 7.06. The van der Waals surface area contributed by atoms with E-state index in [2.05, 4.69) is 10.6 Å². The molecule has 8 nitrogen and oxygen atoms in total. The average Bonchev–Trinajstić information content (AvgIpc) is 2.93. The van der Waals surface area contributed by atoms with E-state index in [0.29, 0.717) is 23.8 Å². The third-order valence-corrected chi connectivity index (χ3v) is 3.97. The van der Waals surface area contributed by atoms with Crippen molar-refractivity contribution < 1.29 is 24.2 Å². The smallest absolute Gasteiger partial charge is 0.331 e. The number of carboxylic acids is 1. The SMILES string of the molecule is COCC(C)(NC(=O)c1ccc(Cl)c(N2CCNC2=O)c1)C(=O)O. The molecular formula is C15H18ClN3O5. The molecule has 0 radical (unpaired) electrons. The first-order valence-corrected chi connectivity index (χ1v) is 7.56. The van der Waals surface area contributed by atoms with Crippen LogP contribution in [0.1, 0.15) is 17.3 Å². The summed E-state index contributed by atoms with van der Waals surface area (Å²) in [4.78, 5) is 37.0. The van der Waals surface area contributed by atoms with Crippen molar-refractivity contribution in [3.63, 3.8) is 0 Å². The molecule has 0 saturated carbocycles. The lowest BCUT2D eigenvalue weighted by molar-refractivity contribution is -0.145. The number of hydrogen-bond acceptors (Lipinski definition) is 4. The molecule has 0 spiro atoms. The summed E-state index contributed by atoms with van der Waals surface area (Å²) in [7, 11) is 1.35. The number of ether oxygens (including phenoxy) is 1. The van der Waals surface area contributed by atoms with Crippen molar-refractivity contribution in [3.8, 4) is 0 Å². The first-order valence-electron chi connectivity index (χ1n) is 7.18. The molecule has 1 aliphatic rings.